The molecule has 1 aromatic rings. The van der Waals surface area contributed by atoms with Gasteiger partial charge in [-0.15, -0.1) is 11.6 Å². The first-order valence-corrected chi connectivity index (χ1v) is 11.8. The second kappa shape index (κ2) is 9.03. The molecular formula is C12H18ClO6PS2. The molecule has 0 aromatic heterocycles. The van der Waals surface area contributed by atoms with Crippen molar-refractivity contribution in [3.8, 4) is 11.5 Å². The van der Waals surface area contributed by atoms with Gasteiger partial charge in [0.05, 0.1) is 6.61 Å². The van der Waals surface area contributed by atoms with E-state index in [9.17, 15) is 13.0 Å². The van der Waals surface area contributed by atoms with Crippen LogP contribution in [0.2, 0.25) is 0 Å². The van der Waals surface area contributed by atoms with E-state index in [1.54, 1.807) is 13.0 Å². The van der Waals surface area contributed by atoms with E-state index < -0.39 is 22.1 Å². The van der Waals surface area contributed by atoms with Gasteiger partial charge in [0.1, 0.15) is 11.5 Å². The summed E-state index contributed by atoms with van der Waals surface area (Å²) < 4.78 is 50.6. The minimum atomic E-state index is -3.85. The Bertz CT molecular complexity index is 622. The van der Waals surface area contributed by atoms with Crippen LogP contribution in [0.4, 0.5) is 0 Å². The van der Waals surface area contributed by atoms with Crippen molar-refractivity contribution in [2.45, 2.75) is 20.3 Å². The van der Waals surface area contributed by atoms with Crippen molar-refractivity contribution in [3.63, 3.8) is 0 Å². The maximum Gasteiger partial charge on any atom is 0.440 e. The van der Waals surface area contributed by atoms with E-state index in [4.69, 9.17) is 24.8 Å². The third kappa shape index (κ3) is 6.79. The molecule has 0 amide bonds. The Morgan fingerprint density at radius 2 is 1.95 bits per heavy atom. The summed E-state index contributed by atoms with van der Waals surface area (Å²) in [7, 11) is -3.85. The molecule has 1 atom stereocenters. The first-order valence-electron chi connectivity index (χ1n) is 6.51. The van der Waals surface area contributed by atoms with Crippen molar-refractivity contribution in [2.75, 3.05) is 17.6 Å². The molecule has 0 spiro atoms. The van der Waals surface area contributed by atoms with Crippen LogP contribution in [-0.4, -0.2) is 26.0 Å². The minimum Gasteiger partial charge on any atom is -0.417 e. The topological polar surface area (TPSA) is 78.9 Å². The Hall–Kier alpha value is -0.400. The van der Waals surface area contributed by atoms with E-state index in [1.165, 1.54) is 18.2 Å². The van der Waals surface area contributed by atoms with Gasteiger partial charge < -0.3 is 8.71 Å². The summed E-state index contributed by atoms with van der Waals surface area (Å²) in [6.45, 7) is 0.561. The molecule has 0 aliphatic rings. The molecular weight excluding hydrogens is 371 g/mol. The lowest BCUT2D eigenvalue weighted by atomic mass is 10.3. The molecule has 1 unspecified atom stereocenters. The molecule has 0 aliphatic carbocycles. The standard InChI is InChI=1S/C12H18ClO6PS2/c1-3-8-21-20(14,17-4-2)18-11-6-5-7-12(9-11)19-22(15,16)10-13/h5-7,9H,3-4,8,10H2,1-2H3. The van der Waals surface area contributed by atoms with E-state index in [2.05, 4.69) is 0 Å². The van der Waals surface area contributed by atoms with E-state index >= 15 is 0 Å². The monoisotopic (exact) mass is 388 g/mol. The van der Waals surface area contributed by atoms with Crippen LogP contribution in [0, 0.1) is 0 Å². The van der Waals surface area contributed by atoms with Crippen molar-refractivity contribution in [2.24, 2.45) is 0 Å². The first kappa shape index (κ1) is 19.6. The van der Waals surface area contributed by atoms with Gasteiger partial charge in [-0.25, -0.2) is 4.57 Å². The summed E-state index contributed by atoms with van der Waals surface area (Å²) in [6, 6.07) is 5.82. The van der Waals surface area contributed by atoms with Crippen molar-refractivity contribution in [1.29, 1.82) is 0 Å². The summed E-state index contributed by atoms with van der Waals surface area (Å²) in [6.07, 6.45) is 0.822. The SMILES string of the molecule is CCCSP(=O)(OCC)Oc1cccc(OS(=O)(=O)CCl)c1. The van der Waals surface area contributed by atoms with Crippen molar-refractivity contribution in [1.82, 2.24) is 0 Å². The third-order valence-electron chi connectivity index (χ3n) is 2.12. The van der Waals surface area contributed by atoms with Gasteiger partial charge >= 0.3 is 16.9 Å². The highest BCUT2D eigenvalue weighted by Crippen LogP contribution is 2.60. The highest BCUT2D eigenvalue weighted by atomic mass is 35.5. The molecule has 10 heteroatoms. The fourth-order valence-electron chi connectivity index (χ4n) is 1.33. The minimum absolute atomic E-state index is 0.0293. The lowest BCUT2D eigenvalue weighted by molar-refractivity contribution is 0.296. The largest absolute Gasteiger partial charge is 0.440 e. The maximum absolute atomic E-state index is 12.5. The molecule has 6 nitrogen and oxygen atoms in total. The summed E-state index contributed by atoms with van der Waals surface area (Å²) >= 11 is 6.37. The van der Waals surface area contributed by atoms with E-state index in [-0.39, 0.29) is 18.1 Å². The van der Waals surface area contributed by atoms with E-state index in [0.29, 0.717) is 5.75 Å². The van der Waals surface area contributed by atoms with Gasteiger partial charge in [-0.2, -0.15) is 8.42 Å². The molecule has 0 heterocycles. The van der Waals surface area contributed by atoms with Gasteiger partial charge in [-0.3, -0.25) is 4.52 Å². The fraction of sp³-hybridized carbons (Fsp3) is 0.500. The molecule has 0 saturated carbocycles. The molecule has 0 bridgehead atoms. The number of rotatable bonds is 10. The van der Waals surface area contributed by atoms with Gasteiger partial charge in [0, 0.05) is 11.8 Å². The summed E-state index contributed by atoms with van der Waals surface area (Å²) in [5.41, 5.74) is 0. The quantitative estimate of drug-likeness (QED) is 0.336. The molecule has 0 radical (unpaired) electrons. The molecule has 0 N–H and O–H groups in total. The van der Waals surface area contributed by atoms with Gasteiger partial charge in [0.2, 0.25) is 0 Å². The fourth-order valence-corrected chi connectivity index (χ4v) is 5.36. The van der Waals surface area contributed by atoms with Crippen LogP contribution in [0.5, 0.6) is 11.5 Å². The predicted octanol–water partition coefficient (Wildman–Crippen LogP) is 4.26. The zero-order valence-corrected chi connectivity index (χ0v) is 15.5. The van der Waals surface area contributed by atoms with Crippen LogP contribution >= 0.6 is 29.8 Å². The Morgan fingerprint density at radius 1 is 1.27 bits per heavy atom. The Balaban J connectivity index is 2.90. The Kier molecular flexibility index (Phi) is 8.07. The van der Waals surface area contributed by atoms with Crippen LogP contribution in [0.1, 0.15) is 20.3 Å². The first-order chi connectivity index (χ1) is 10.3. The van der Waals surface area contributed by atoms with Crippen LogP contribution in [0.25, 0.3) is 0 Å². The van der Waals surface area contributed by atoms with Crippen molar-refractivity contribution >= 4 is 39.9 Å². The zero-order chi connectivity index (χ0) is 16.6. The van der Waals surface area contributed by atoms with Gasteiger partial charge in [-0.1, -0.05) is 13.0 Å². The molecule has 22 heavy (non-hydrogen) atoms. The van der Waals surface area contributed by atoms with Crippen LogP contribution in [-0.2, 0) is 19.2 Å². The maximum atomic E-state index is 12.5. The molecule has 0 fully saturated rings. The van der Waals surface area contributed by atoms with E-state index in [1.807, 2.05) is 6.92 Å². The number of hydrogen-bond donors (Lipinski definition) is 0. The molecule has 126 valence electrons. The van der Waals surface area contributed by atoms with Crippen molar-refractivity contribution < 1.29 is 26.2 Å². The average molecular weight is 389 g/mol. The smallest absolute Gasteiger partial charge is 0.417 e. The number of alkyl halides is 1. The molecule has 0 saturated heterocycles. The number of hydrogen-bond acceptors (Lipinski definition) is 7. The lowest BCUT2D eigenvalue weighted by Crippen LogP contribution is -2.09. The predicted molar refractivity (Wildman–Crippen MR) is 89.3 cm³/mol. The second-order valence-corrected chi connectivity index (χ2v) is 10.3. The summed E-state index contributed by atoms with van der Waals surface area (Å²) in [5, 5.41) is -0.665. The summed E-state index contributed by atoms with van der Waals surface area (Å²) in [4.78, 5) is 0. The van der Waals surface area contributed by atoms with Crippen LogP contribution in [0.3, 0.4) is 0 Å². The molecule has 1 rings (SSSR count). The summed E-state index contributed by atoms with van der Waals surface area (Å²) in [5.74, 6) is 0.845. The van der Waals surface area contributed by atoms with Crippen LogP contribution < -0.4 is 8.71 Å². The number of benzene rings is 1. The second-order valence-electron chi connectivity index (χ2n) is 4.01. The zero-order valence-electron chi connectivity index (χ0n) is 12.2. The van der Waals surface area contributed by atoms with Gasteiger partial charge in [0.25, 0.3) is 0 Å². The van der Waals surface area contributed by atoms with Gasteiger partial charge in [0.15, 0.2) is 5.21 Å². The van der Waals surface area contributed by atoms with E-state index in [0.717, 1.165) is 17.8 Å². The van der Waals surface area contributed by atoms with Crippen LogP contribution in [0.15, 0.2) is 24.3 Å². The highest BCUT2D eigenvalue weighted by Gasteiger charge is 2.26. The van der Waals surface area contributed by atoms with Gasteiger partial charge in [-0.05, 0) is 36.9 Å². The lowest BCUT2D eigenvalue weighted by Gasteiger charge is -2.17. The average Bonchev–Trinajstić information content (AvgIpc) is 2.45. The molecule has 0 aliphatic heterocycles. The normalized spacial score (nSPS) is 14.3. The highest BCUT2D eigenvalue weighted by molar-refractivity contribution is 8.55. The Morgan fingerprint density at radius 3 is 2.55 bits per heavy atom. The number of halogens is 1. The third-order valence-corrected chi connectivity index (χ3v) is 7.59. The van der Waals surface area contributed by atoms with Crippen molar-refractivity contribution in [3.05, 3.63) is 24.3 Å². The Labute approximate surface area is 139 Å². The molecule has 1 aromatic carbocycles.